The third-order valence-electron chi connectivity index (χ3n) is 2.75. The Bertz CT molecular complexity index is 604. The molecule has 0 bridgehead atoms. The fourth-order valence-corrected chi connectivity index (χ4v) is 1.72. The molecule has 0 atom stereocenters. The Labute approximate surface area is 117 Å². The molecule has 0 spiro atoms. The van der Waals surface area contributed by atoms with Gasteiger partial charge in [0, 0.05) is 24.9 Å². The average Bonchev–Trinajstić information content (AvgIpc) is 2.47. The molecule has 2 aromatic carbocycles. The van der Waals surface area contributed by atoms with E-state index in [1.54, 1.807) is 12.1 Å². The van der Waals surface area contributed by atoms with E-state index in [1.165, 1.54) is 12.1 Å². The van der Waals surface area contributed by atoms with Crippen molar-refractivity contribution in [1.82, 2.24) is 5.43 Å². The molecule has 0 radical (unpaired) electrons. The molecule has 0 aromatic heterocycles. The molecule has 2 aromatic rings. The Hall–Kier alpha value is -2.66. The van der Waals surface area contributed by atoms with Gasteiger partial charge in [-0.05, 0) is 35.4 Å². The van der Waals surface area contributed by atoms with E-state index in [1.807, 2.05) is 43.5 Å². The van der Waals surface area contributed by atoms with Crippen molar-refractivity contribution in [2.75, 3.05) is 12.5 Å². The van der Waals surface area contributed by atoms with Crippen molar-refractivity contribution < 1.29 is 4.92 Å². The van der Waals surface area contributed by atoms with Gasteiger partial charge < -0.3 is 5.43 Å². The number of nitro groups is 1. The van der Waals surface area contributed by atoms with Crippen LogP contribution in [0.1, 0.15) is 11.1 Å². The zero-order valence-corrected chi connectivity index (χ0v) is 11.0. The number of hydrazine groups is 1. The zero-order valence-electron chi connectivity index (χ0n) is 11.0. The van der Waals surface area contributed by atoms with Crippen LogP contribution in [0.25, 0.3) is 12.2 Å². The Balaban J connectivity index is 2.06. The minimum atomic E-state index is -0.402. The second-order valence-electron chi connectivity index (χ2n) is 4.18. The molecule has 0 aliphatic carbocycles. The molecular formula is C15H15N3O2. The SMILES string of the molecule is CNNc1ccc(C=Cc2ccc([N+](=O)[O-])cc2)cc1. The normalized spacial score (nSPS) is 10.7. The fourth-order valence-electron chi connectivity index (χ4n) is 1.72. The van der Waals surface area contributed by atoms with Gasteiger partial charge in [-0.1, -0.05) is 24.3 Å². The number of anilines is 1. The van der Waals surface area contributed by atoms with E-state index in [-0.39, 0.29) is 5.69 Å². The highest BCUT2D eigenvalue weighted by Crippen LogP contribution is 2.15. The molecule has 0 saturated heterocycles. The molecule has 20 heavy (non-hydrogen) atoms. The lowest BCUT2D eigenvalue weighted by Crippen LogP contribution is -2.14. The van der Waals surface area contributed by atoms with Crippen LogP contribution in [0.2, 0.25) is 0 Å². The number of non-ortho nitro benzene ring substituents is 1. The largest absolute Gasteiger partial charge is 0.322 e. The number of nitrogens with one attached hydrogen (secondary N) is 2. The van der Waals surface area contributed by atoms with Gasteiger partial charge in [-0.2, -0.15) is 0 Å². The Kier molecular flexibility index (Phi) is 4.47. The second-order valence-corrected chi connectivity index (χ2v) is 4.18. The summed E-state index contributed by atoms with van der Waals surface area (Å²) in [7, 11) is 1.81. The van der Waals surface area contributed by atoms with Gasteiger partial charge in [0.1, 0.15) is 0 Å². The van der Waals surface area contributed by atoms with E-state index < -0.39 is 4.92 Å². The van der Waals surface area contributed by atoms with Gasteiger partial charge in [0.05, 0.1) is 4.92 Å². The molecule has 0 unspecified atom stereocenters. The highest BCUT2D eigenvalue weighted by molar-refractivity contribution is 5.70. The van der Waals surface area contributed by atoms with E-state index in [9.17, 15) is 10.1 Å². The van der Waals surface area contributed by atoms with Gasteiger partial charge in [0.15, 0.2) is 0 Å². The van der Waals surface area contributed by atoms with Crippen molar-refractivity contribution in [3.8, 4) is 0 Å². The van der Waals surface area contributed by atoms with Crippen LogP contribution in [0.5, 0.6) is 0 Å². The molecule has 2 rings (SSSR count). The zero-order chi connectivity index (χ0) is 14.4. The van der Waals surface area contributed by atoms with Crippen molar-refractivity contribution in [3.05, 3.63) is 69.8 Å². The summed E-state index contributed by atoms with van der Waals surface area (Å²) in [6.45, 7) is 0. The minimum absolute atomic E-state index is 0.102. The molecule has 0 fully saturated rings. The lowest BCUT2D eigenvalue weighted by molar-refractivity contribution is -0.384. The summed E-state index contributed by atoms with van der Waals surface area (Å²) in [6, 6.07) is 14.4. The third kappa shape index (κ3) is 3.66. The number of nitrogens with zero attached hydrogens (tertiary/aromatic N) is 1. The summed E-state index contributed by atoms with van der Waals surface area (Å²) in [6.07, 6.45) is 3.88. The van der Waals surface area contributed by atoms with Gasteiger partial charge in [0.2, 0.25) is 0 Å². The summed E-state index contributed by atoms with van der Waals surface area (Å²) in [5, 5.41) is 10.6. The standard InChI is InChI=1S/C15H15N3O2/c1-16-17-14-8-4-12(5-9-14)2-3-13-6-10-15(11-7-13)18(19)20/h2-11,16-17H,1H3. The van der Waals surface area contributed by atoms with Crippen LogP contribution in [0.4, 0.5) is 11.4 Å². The van der Waals surface area contributed by atoms with Crippen molar-refractivity contribution in [1.29, 1.82) is 0 Å². The van der Waals surface area contributed by atoms with Gasteiger partial charge in [-0.25, -0.2) is 5.43 Å². The molecule has 0 saturated carbocycles. The summed E-state index contributed by atoms with van der Waals surface area (Å²) >= 11 is 0. The summed E-state index contributed by atoms with van der Waals surface area (Å²) in [5.41, 5.74) is 8.91. The summed E-state index contributed by atoms with van der Waals surface area (Å²) < 4.78 is 0. The molecule has 5 nitrogen and oxygen atoms in total. The molecule has 2 N–H and O–H groups in total. The van der Waals surface area contributed by atoms with Crippen LogP contribution >= 0.6 is 0 Å². The van der Waals surface area contributed by atoms with Crippen LogP contribution in [-0.4, -0.2) is 12.0 Å². The number of hydrogen-bond acceptors (Lipinski definition) is 4. The molecule has 0 heterocycles. The first-order valence-electron chi connectivity index (χ1n) is 6.14. The highest BCUT2D eigenvalue weighted by Gasteiger charge is 2.02. The van der Waals surface area contributed by atoms with Crippen molar-refractivity contribution in [2.24, 2.45) is 0 Å². The third-order valence-corrected chi connectivity index (χ3v) is 2.75. The van der Waals surface area contributed by atoms with E-state index in [0.29, 0.717) is 0 Å². The van der Waals surface area contributed by atoms with Gasteiger partial charge in [-0.15, -0.1) is 0 Å². The predicted molar refractivity (Wildman–Crippen MR) is 81.1 cm³/mol. The average molecular weight is 269 g/mol. The summed E-state index contributed by atoms with van der Waals surface area (Å²) in [5.74, 6) is 0. The topological polar surface area (TPSA) is 67.2 Å². The smallest absolute Gasteiger partial charge is 0.269 e. The van der Waals surface area contributed by atoms with Crippen molar-refractivity contribution in [3.63, 3.8) is 0 Å². The second kappa shape index (κ2) is 6.49. The maximum absolute atomic E-state index is 10.6. The highest BCUT2D eigenvalue weighted by atomic mass is 16.6. The number of hydrogen-bond donors (Lipinski definition) is 2. The maximum Gasteiger partial charge on any atom is 0.269 e. The van der Waals surface area contributed by atoms with Crippen LogP contribution < -0.4 is 10.9 Å². The number of benzene rings is 2. The number of rotatable bonds is 5. The number of nitro benzene ring substituents is 1. The van der Waals surface area contributed by atoms with Gasteiger partial charge in [0.25, 0.3) is 5.69 Å². The fraction of sp³-hybridized carbons (Fsp3) is 0.0667. The first kappa shape index (κ1) is 13.8. The first-order valence-corrected chi connectivity index (χ1v) is 6.14. The van der Waals surface area contributed by atoms with Gasteiger partial charge in [-0.3, -0.25) is 10.1 Å². The van der Waals surface area contributed by atoms with E-state index in [2.05, 4.69) is 10.9 Å². The molecule has 5 heteroatoms. The van der Waals surface area contributed by atoms with Crippen LogP contribution in [-0.2, 0) is 0 Å². The molecule has 0 amide bonds. The van der Waals surface area contributed by atoms with Crippen LogP contribution in [0.15, 0.2) is 48.5 Å². The monoisotopic (exact) mass is 269 g/mol. The quantitative estimate of drug-likeness (QED) is 0.496. The van der Waals surface area contributed by atoms with Crippen LogP contribution in [0.3, 0.4) is 0 Å². The molecule has 102 valence electrons. The summed E-state index contributed by atoms with van der Waals surface area (Å²) in [4.78, 5) is 10.2. The van der Waals surface area contributed by atoms with Crippen LogP contribution in [0, 0.1) is 10.1 Å². The van der Waals surface area contributed by atoms with E-state index in [4.69, 9.17) is 0 Å². The first-order chi connectivity index (χ1) is 9.69. The molecule has 0 aliphatic rings. The minimum Gasteiger partial charge on any atom is -0.322 e. The van der Waals surface area contributed by atoms with Crippen molar-refractivity contribution >= 4 is 23.5 Å². The molecular weight excluding hydrogens is 254 g/mol. The predicted octanol–water partition coefficient (Wildman–Crippen LogP) is 3.31. The van der Waals surface area contributed by atoms with Gasteiger partial charge >= 0.3 is 0 Å². The van der Waals surface area contributed by atoms with Crippen molar-refractivity contribution in [2.45, 2.75) is 0 Å². The Morgan fingerprint density at radius 3 is 1.90 bits per heavy atom. The van der Waals surface area contributed by atoms with E-state index >= 15 is 0 Å². The lowest BCUT2D eigenvalue weighted by atomic mass is 10.1. The molecule has 0 aliphatic heterocycles. The Morgan fingerprint density at radius 2 is 1.45 bits per heavy atom. The Morgan fingerprint density at radius 1 is 0.950 bits per heavy atom. The van der Waals surface area contributed by atoms with E-state index in [0.717, 1.165) is 16.8 Å². The maximum atomic E-state index is 10.6. The lowest BCUT2D eigenvalue weighted by Gasteiger charge is -2.03.